The highest BCUT2D eigenvalue weighted by Gasteiger charge is 2.24. The Morgan fingerprint density at radius 2 is 2.10 bits per heavy atom. The Morgan fingerprint density at radius 1 is 1.40 bits per heavy atom. The third kappa shape index (κ3) is 3.86. The number of nitrogens with zero attached hydrogens (tertiary/aromatic N) is 1. The van der Waals surface area contributed by atoms with Gasteiger partial charge in [-0.05, 0) is 63.9 Å². The molecule has 1 saturated heterocycles. The Morgan fingerprint density at radius 3 is 2.70 bits per heavy atom. The summed E-state index contributed by atoms with van der Waals surface area (Å²) in [4.78, 5) is 2.51. The second-order valence-corrected chi connectivity index (χ2v) is 6.12. The Labute approximate surface area is 126 Å². The van der Waals surface area contributed by atoms with Gasteiger partial charge in [-0.3, -0.25) is 0 Å². The van der Waals surface area contributed by atoms with Crippen LogP contribution in [0.5, 0.6) is 0 Å². The van der Waals surface area contributed by atoms with Gasteiger partial charge < -0.3 is 10.2 Å². The molecule has 2 nitrogen and oxygen atoms in total. The third-order valence-corrected chi connectivity index (χ3v) is 4.53. The molecule has 2 rings (SSSR count). The average molecular weight is 299 g/mol. The first-order chi connectivity index (χ1) is 9.61. The van der Waals surface area contributed by atoms with Gasteiger partial charge in [-0.15, -0.1) is 0 Å². The van der Waals surface area contributed by atoms with E-state index in [1.165, 1.54) is 31.9 Å². The Kier molecular flexibility index (Phi) is 5.67. The highest BCUT2D eigenvalue weighted by molar-refractivity contribution is 6.33. The van der Waals surface area contributed by atoms with Crippen LogP contribution in [0.1, 0.15) is 33.1 Å². The van der Waals surface area contributed by atoms with Crippen LogP contribution in [-0.2, 0) is 0 Å². The molecule has 1 aromatic carbocycles. The fourth-order valence-corrected chi connectivity index (χ4v) is 3.19. The van der Waals surface area contributed by atoms with Crippen LogP contribution in [0.3, 0.4) is 0 Å². The van der Waals surface area contributed by atoms with Crippen molar-refractivity contribution in [3.8, 4) is 0 Å². The van der Waals surface area contributed by atoms with Crippen molar-refractivity contribution >= 4 is 17.3 Å². The molecule has 0 spiro atoms. The summed E-state index contributed by atoms with van der Waals surface area (Å²) in [5.41, 5.74) is 0.442. The predicted octanol–water partition coefficient (Wildman–Crippen LogP) is 4.40. The summed E-state index contributed by atoms with van der Waals surface area (Å²) in [7, 11) is 0. The number of halogens is 2. The van der Waals surface area contributed by atoms with Crippen LogP contribution < -0.4 is 5.32 Å². The number of para-hydroxylation sites is 1. The summed E-state index contributed by atoms with van der Waals surface area (Å²) in [5, 5.41) is 3.73. The standard InChI is InChI=1S/C16H24ClFN2/c1-3-9-20-10-7-13(8-11-20)12(2)19-16-14(17)5-4-6-15(16)18/h4-6,12-13,19H,3,7-11H2,1-2H3. The van der Waals surface area contributed by atoms with Gasteiger partial charge in [0.1, 0.15) is 5.82 Å². The Balaban J connectivity index is 1.91. The molecule has 112 valence electrons. The molecule has 1 heterocycles. The van der Waals surface area contributed by atoms with Crippen LogP contribution in [0.25, 0.3) is 0 Å². The maximum absolute atomic E-state index is 13.8. The molecule has 1 unspecified atom stereocenters. The monoisotopic (exact) mass is 298 g/mol. The lowest BCUT2D eigenvalue weighted by Crippen LogP contribution is -2.39. The second-order valence-electron chi connectivity index (χ2n) is 5.71. The molecule has 0 bridgehead atoms. The molecule has 1 N–H and O–H groups in total. The fraction of sp³-hybridized carbons (Fsp3) is 0.625. The molecule has 0 aliphatic carbocycles. The Bertz CT molecular complexity index is 410. The van der Waals surface area contributed by atoms with E-state index in [0.717, 1.165) is 13.1 Å². The van der Waals surface area contributed by atoms with E-state index < -0.39 is 0 Å². The van der Waals surface area contributed by atoms with Crippen molar-refractivity contribution in [2.45, 2.75) is 39.2 Å². The van der Waals surface area contributed by atoms with Crippen LogP contribution in [0.2, 0.25) is 5.02 Å². The molecular weight excluding hydrogens is 275 g/mol. The van der Waals surface area contributed by atoms with Crippen molar-refractivity contribution in [2.75, 3.05) is 25.0 Å². The third-order valence-electron chi connectivity index (χ3n) is 4.21. The molecule has 4 heteroatoms. The van der Waals surface area contributed by atoms with Crippen LogP contribution in [0.4, 0.5) is 10.1 Å². The van der Waals surface area contributed by atoms with E-state index in [2.05, 4.69) is 24.1 Å². The summed E-state index contributed by atoms with van der Waals surface area (Å²) < 4.78 is 13.8. The Hall–Kier alpha value is -0.800. The summed E-state index contributed by atoms with van der Waals surface area (Å²) in [6, 6.07) is 5.05. The minimum atomic E-state index is -0.271. The van der Waals surface area contributed by atoms with Gasteiger partial charge in [-0.25, -0.2) is 4.39 Å². The molecule has 1 atom stereocenters. The summed E-state index contributed by atoms with van der Waals surface area (Å²) in [6.45, 7) is 7.83. The van der Waals surface area contributed by atoms with Crippen LogP contribution in [-0.4, -0.2) is 30.6 Å². The normalized spacial score (nSPS) is 19.0. The van der Waals surface area contributed by atoms with Gasteiger partial charge in [0, 0.05) is 6.04 Å². The highest BCUT2D eigenvalue weighted by Crippen LogP contribution is 2.29. The number of likely N-dealkylation sites (tertiary alicyclic amines) is 1. The van der Waals surface area contributed by atoms with Crippen molar-refractivity contribution in [1.29, 1.82) is 0 Å². The molecule has 1 aliphatic heterocycles. The van der Waals surface area contributed by atoms with E-state index in [1.54, 1.807) is 12.1 Å². The van der Waals surface area contributed by atoms with Crippen LogP contribution in [0, 0.1) is 11.7 Å². The minimum absolute atomic E-state index is 0.244. The summed E-state index contributed by atoms with van der Waals surface area (Å²) in [5.74, 6) is 0.312. The van der Waals surface area contributed by atoms with Crippen molar-refractivity contribution in [2.24, 2.45) is 5.92 Å². The fourth-order valence-electron chi connectivity index (χ4n) is 2.97. The molecule has 0 saturated carbocycles. The number of benzene rings is 1. The first kappa shape index (κ1) is 15.6. The van der Waals surface area contributed by atoms with E-state index in [-0.39, 0.29) is 11.9 Å². The second kappa shape index (κ2) is 7.28. The lowest BCUT2D eigenvalue weighted by atomic mass is 9.90. The zero-order chi connectivity index (χ0) is 14.5. The lowest BCUT2D eigenvalue weighted by molar-refractivity contribution is 0.176. The zero-order valence-corrected chi connectivity index (χ0v) is 13.1. The number of piperidine rings is 1. The first-order valence-corrected chi connectivity index (χ1v) is 7.92. The predicted molar refractivity (Wildman–Crippen MR) is 83.9 cm³/mol. The van der Waals surface area contributed by atoms with Crippen molar-refractivity contribution in [1.82, 2.24) is 4.90 Å². The van der Waals surface area contributed by atoms with Gasteiger partial charge in [0.2, 0.25) is 0 Å². The number of anilines is 1. The van der Waals surface area contributed by atoms with Crippen molar-refractivity contribution < 1.29 is 4.39 Å². The lowest BCUT2D eigenvalue weighted by Gasteiger charge is -2.35. The number of hydrogen-bond donors (Lipinski definition) is 1. The van der Waals surface area contributed by atoms with Crippen LogP contribution >= 0.6 is 11.6 Å². The SMILES string of the molecule is CCCN1CCC(C(C)Nc2c(F)cccc2Cl)CC1. The highest BCUT2D eigenvalue weighted by atomic mass is 35.5. The number of nitrogens with one attached hydrogen (secondary N) is 1. The quantitative estimate of drug-likeness (QED) is 0.866. The zero-order valence-electron chi connectivity index (χ0n) is 12.3. The molecule has 0 aromatic heterocycles. The number of hydrogen-bond acceptors (Lipinski definition) is 2. The van der Waals surface area contributed by atoms with Gasteiger partial charge in [-0.1, -0.05) is 24.6 Å². The molecule has 1 aromatic rings. The minimum Gasteiger partial charge on any atom is -0.379 e. The van der Waals surface area contributed by atoms with Gasteiger partial charge in [0.05, 0.1) is 10.7 Å². The molecular formula is C16H24ClFN2. The summed E-state index contributed by atoms with van der Waals surface area (Å²) >= 11 is 6.07. The van der Waals surface area contributed by atoms with E-state index in [4.69, 9.17) is 11.6 Å². The number of rotatable bonds is 5. The molecule has 0 radical (unpaired) electrons. The first-order valence-electron chi connectivity index (χ1n) is 7.54. The summed E-state index contributed by atoms with van der Waals surface area (Å²) in [6.07, 6.45) is 3.55. The maximum Gasteiger partial charge on any atom is 0.147 e. The average Bonchev–Trinajstić information content (AvgIpc) is 2.44. The van der Waals surface area contributed by atoms with Crippen molar-refractivity contribution in [3.05, 3.63) is 29.0 Å². The van der Waals surface area contributed by atoms with Gasteiger partial charge in [0.15, 0.2) is 0 Å². The maximum atomic E-state index is 13.8. The molecule has 0 amide bonds. The van der Waals surface area contributed by atoms with E-state index in [1.807, 2.05) is 0 Å². The van der Waals surface area contributed by atoms with E-state index in [0.29, 0.717) is 16.6 Å². The largest absolute Gasteiger partial charge is 0.379 e. The van der Waals surface area contributed by atoms with Gasteiger partial charge in [0.25, 0.3) is 0 Å². The molecule has 20 heavy (non-hydrogen) atoms. The van der Waals surface area contributed by atoms with E-state index >= 15 is 0 Å². The van der Waals surface area contributed by atoms with Gasteiger partial charge >= 0.3 is 0 Å². The molecule has 1 fully saturated rings. The van der Waals surface area contributed by atoms with Crippen molar-refractivity contribution in [3.63, 3.8) is 0 Å². The molecule has 1 aliphatic rings. The van der Waals surface area contributed by atoms with E-state index in [9.17, 15) is 4.39 Å². The van der Waals surface area contributed by atoms with Gasteiger partial charge in [-0.2, -0.15) is 0 Å². The van der Waals surface area contributed by atoms with Crippen LogP contribution in [0.15, 0.2) is 18.2 Å². The smallest absolute Gasteiger partial charge is 0.147 e. The topological polar surface area (TPSA) is 15.3 Å².